The summed E-state index contributed by atoms with van der Waals surface area (Å²) in [6.07, 6.45) is 1.63. The number of non-ortho nitro benzene ring substituents is 1. The fourth-order valence-corrected chi connectivity index (χ4v) is 5.36. The second-order valence-electron chi connectivity index (χ2n) is 7.19. The summed E-state index contributed by atoms with van der Waals surface area (Å²) in [5.41, 5.74) is 4.10. The Hall–Kier alpha value is -2.86. The molecule has 35 heavy (non-hydrogen) atoms. The Morgan fingerprint density at radius 3 is 2.69 bits per heavy atom. The maximum Gasteiger partial charge on any atom is 0.271 e. The fourth-order valence-electron chi connectivity index (χ4n) is 3.25. The Morgan fingerprint density at radius 2 is 1.94 bits per heavy atom. The van der Waals surface area contributed by atoms with Crippen LogP contribution in [0, 0.1) is 17.3 Å². The van der Waals surface area contributed by atoms with Crippen LogP contribution in [0.1, 0.15) is 5.56 Å². The summed E-state index contributed by atoms with van der Waals surface area (Å²) >= 11 is 4.45. The van der Waals surface area contributed by atoms with Gasteiger partial charge in [-0.2, -0.15) is 20.1 Å². The zero-order valence-electron chi connectivity index (χ0n) is 18.4. The lowest BCUT2D eigenvalue weighted by Crippen LogP contribution is -2.37. The number of halogens is 2. The maximum absolute atomic E-state index is 11.1. The van der Waals surface area contributed by atoms with Crippen molar-refractivity contribution in [2.45, 2.75) is 0 Å². The van der Waals surface area contributed by atoms with Crippen LogP contribution in [0.5, 0.6) is 5.75 Å². The summed E-state index contributed by atoms with van der Waals surface area (Å²) in [4.78, 5) is 26.0. The topological polar surface area (TPSA) is 140 Å². The number of benzene rings is 2. The van der Waals surface area contributed by atoms with Gasteiger partial charge in [0.05, 0.1) is 35.0 Å². The Balaban J connectivity index is 1.61. The molecule has 2 N–H and O–H groups in total. The van der Waals surface area contributed by atoms with Crippen molar-refractivity contribution < 1.29 is 14.4 Å². The molecule has 0 spiro atoms. The number of rotatable bonds is 8. The number of nitrogens with one attached hydrogen (secondary N) is 2. The van der Waals surface area contributed by atoms with Gasteiger partial charge in [0, 0.05) is 40.0 Å². The number of hydrazone groups is 1. The third-order valence-electron chi connectivity index (χ3n) is 4.84. The molecule has 0 atom stereocenters. The van der Waals surface area contributed by atoms with Crippen molar-refractivity contribution >= 4 is 80.6 Å². The van der Waals surface area contributed by atoms with Gasteiger partial charge in [0.15, 0.2) is 0 Å². The van der Waals surface area contributed by atoms with E-state index in [0.29, 0.717) is 43.7 Å². The first-order chi connectivity index (χ1) is 16.9. The first kappa shape index (κ1) is 25.2. The van der Waals surface area contributed by atoms with Gasteiger partial charge in [-0.3, -0.25) is 10.1 Å². The van der Waals surface area contributed by atoms with Crippen LogP contribution in [0.3, 0.4) is 0 Å². The summed E-state index contributed by atoms with van der Waals surface area (Å²) in [6, 6.07) is 10.1. The zero-order valence-corrected chi connectivity index (χ0v) is 22.8. The van der Waals surface area contributed by atoms with Gasteiger partial charge in [0.1, 0.15) is 5.75 Å². The van der Waals surface area contributed by atoms with E-state index in [1.807, 2.05) is 17.0 Å². The van der Waals surface area contributed by atoms with E-state index in [4.69, 9.17) is 9.47 Å². The second-order valence-corrected chi connectivity index (χ2v) is 9.60. The van der Waals surface area contributed by atoms with E-state index < -0.39 is 4.92 Å². The zero-order chi connectivity index (χ0) is 24.8. The van der Waals surface area contributed by atoms with Gasteiger partial charge in [0.2, 0.25) is 17.8 Å². The molecule has 0 radical (unpaired) electrons. The van der Waals surface area contributed by atoms with Crippen molar-refractivity contribution in [3.05, 3.63) is 59.2 Å². The van der Waals surface area contributed by atoms with Gasteiger partial charge < -0.3 is 19.7 Å². The predicted octanol–water partition coefficient (Wildman–Crippen LogP) is 4.02. The molecule has 2 heterocycles. The number of nitrogens with zero attached hydrogens (tertiary/aromatic N) is 6. The molecule has 3 aromatic rings. The number of hydrogen-bond donors (Lipinski definition) is 2. The van der Waals surface area contributed by atoms with E-state index in [1.165, 1.54) is 12.1 Å². The number of aromatic nitrogens is 3. The van der Waals surface area contributed by atoms with Crippen molar-refractivity contribution in [2.75, 3.05) is 49.1 Å². The second kappa shape index (κ2) is 11.7. The molecule has 1 saturated heterocycles. The smallest absolute Gasteiger partial charge is 0.271 e. The van der Waals surface area contributed by atoms with Crippen molar-refractivity contribution in [3.63, 3.8) is 0 Å². The fraction of sp³-hybridized carbons (Fsp3) is 0.238. The summed E-state index contributed by atoms with van der Waals surface area (Å²) in [5, 5.41) is 18.4. The molecule has 0 amide bonds. The lowest BCUT2D eigenvalue weighted by atomic mass is 10.2. The van der Waals surface area contributed by atoms with E-state index in [9.17, 15) is 10.1 Å². The standard InChI is InChI=1S/C21H20I2N8O4/c1-34-18-13(9-14(22)10-17(18)23)12-24-29-20-26-19(25-15-3-2-4-16(11-15)31(32)33)27-21(28-20)30-5-7-35-8-6-30/h2-4,9-12H,5-8H2,1H3,(H2,25,26,27,28,29). The van der Waals surface area contributed by atoms with Crippen LogP contribution in [0.4, 0.5) is 29.2 Å². The number of anilines is 4. The highest BCUT2D eigenvalue weighted by Gasteiger charge is 2.17. The summed E-state index contributed by atoms with van der Waals surface area (Å²) in [6.45, 7) is 2.37. The van der Waals surface area contributed by atoms with E-state index in [1.54, 1.807) is 25.5 Å². The quantitative estimate of drug-likeness (QED) is 0.153. The number of methoxy groups -OCH3 is 1. The lowest BCUT2D eigenvalue weighted by Gasteiger charge is -2.27. The Kier molecular flexibility index (Phi) is 8.45. The Morgan fingerprint density at radius 1 is 1.17 bits per heavy atom. The number of hydrogen-bond acceptors (Lipinski definition) is 11. The average Bonchev–Trinajstić information content (AvgIpc) is 2.84. The number of ether oxygens (including phenoxy) is 2. The molecule has 0 unspecified atom stereocenters. The number of nitro groups is 1. The van der Waals surface area contributed by atoms with Crippen LogP contribution < -0.4 is 20.4 Å². The van der Waals surface area contributed by atoms with E-state index >= 15 is 0 Å². The van der Waals surface area contributed by atoms with Crippen LogP contribution in [0.15, 0.2) is 41.5 Å². The monoisotopic (exact) mass is 702 g/mol. The number of nitro benzene ring substituents is 1. The highest BCUT2D eigenvalue weighted by Crippen LogP contribution is 2.27. The van der Waals surface area contributed by atoms with Gasteiger partial charge >= 0.3 is 0 Å². The highest BCUT2D eigenvalue weighted by molar-refractivity contribution is 14.1. The van der Waals surface area contributed by atoms with Crippen molar-refractivity contribution in [3.8, 4) is 5.75 Å². The minimum atomic E-state index is -0.459. The first-order valence-electron chi connectivity index (χ1n) is 10.4. The first-order valence-corrected chi connectivity index (χ1v) is 12.5. The Labute approximate surface area is 228 Å². The van der Waals surface area contributed by atoms with Gasteiger partial charge in [-0.1, -0.05) is 6.07 Å². The van der Waals surface area contributed by atoms with E-state index in [-0.39, 0.29) is 17.6 Å². The molecule has 0 bridgehead atoms. The molecule has 12 nitrogen and oxygen atoms in total. The molecular weight excluding hydrogens is 682 g/mol. The summed E-state index contributed by atoms with van der Waals surface area (Å²) < 4.78 is 12.9. The largest absolute Gasteiger partial charge is 0.495 e. The van der Waals surface area contributed by atoms with E-state index in [0.717, 1.165) is 12.7 Å². The molecule has 4 rings (SSSR count). The van der Waals surface area contributed by atoms with Gasteiger partial charge in [-0.25, -0.2) is 5.43 Å². The van der Waals surface area contributed by atoms with Crippen LogP contribution in [-0.2, 0) is 4.74 Å². The van der Waals surface area contributed by atoms with Crippen molar-refractivity contribution in [1.29, 1.82) is 0 Å². The van der Waals surface area contributed by atoms with Crippen LogP contribution in [0.25, 0.3) is 0 Å². The molecular formula is C21H20I2N8O4. The van der Waals surface area contributed by atoms with Crippen molar-refractivity contribution in [2.24, 2.45) is 5.10 Å². The van der Waals surface area contributed by atoms with Gasteiger partial charge in [-0.05, 0) is 63.4 Å². The summed E-state index contributed by atoms with van der Waals surface area (Å²) in [5.74, 6) is 1.59. The number of morpholine rings is 1. The maximum atomic E-state index is 11.1. The minimum absolute atomic E-state index is 0.0403. The molecule has 182 valence electrons. The molecule has 1 aliphatic rings. The average molecular weight is 702 g/mol. The lowest BCUT2D eigenvalue weighted by molar-refractivity contribution is -0.384. The SMILES string of the molecule is COc1c(I)cc(I)cc1C=NNc1nc(Nc2cccc([N+](=O)[O-])c2)nc(N2CCOCC2)n1. The van der Waals surface area contributed by atoms with Crippen molar-refractivity contribution in [1.82, 2.24) is 15.0 Å². The van der Waals surface area contributed by atoms with Crippen LogP contribution in [0.2, 0.25) is 0 Å². The molecule has 1 fully saturated rings. The van der Waals surface area contributed by atoms with Gasteiger partial charge in [0.25, 0.3) is 5.69 Å². The highest BCUT2D eigenvalue weighted by atomic mass is 127. The third kappa shape index (κ3) is 6.63. The van der Waals surface area contributed by atoms with E-state index in [2.05, 4.69) is 76.0 Å². The third-order valence-corrected chi connectivity index (χ3v) is 6.26. The van der Waals surface area contributed by atoms with Crippen LogP contribution >= 0.6 is 45.2 Å². The minimum Gasteiger partial charge on any atom is -0.495 e. The predicted molar refractivity (Wildman–Crippen MR) is 149 cm³/mol. The molecule has 0 saturated carbocycles. The normalized spacial score (nSPS) is 13.6. The van der Waals surface area contributed by atoms with Crippen LogP contribution in [-0.4, -0.2) is 59.5 Å². The molecule has 2 aromatic carbocycles. The molecule has 1 aliphatic heterocycles. The molecule has 1 aromatic heterocycles. The summed E-state index contributed by atoms with van der Waals surface area (Å²) in [7, 11) is 1.61. The molecule has 0 aliphatic carbocycles. The molecule has 14 heteroatoms. The van der Waals surface area contributed by atoms with Gasteiger partial charge in [-0.15, -0.1) is 0 Å². The Bertz CT molecular complexity index is 1250.